The molecule has 0 radical (unpaired) electrons. The van der Waals surface area contributed by atoms with E-state index < -0.39 is 28.5 Å². The van der Waals surface area contributed by atoms with Gasteiger partial charge in [-0.25, -0.2) is 8.42 Å². The summed E-state index contributed by atoms with van der Waals surface area (Å²) in [6.45, 7) is 6.98. The van der Waals surface area contributed by atoms with E-state index in [9.17, 15) is 18.0 Å². The molecule has 2 amide bonds. The smallest absolute Gasteiger partial charge is 0.264 e. The largest absolute Gasteiger partial charge is 0.352 e. The van der Waals surface area contributed by atoms with Gasteiger partial charge >= 0.3 is 0 Å². The Morgan fingerprint density at radius 1 is 0.826 bits per heavy atom. The molecule has 0 aromatic heterocycles. The zero-order chi connectivity index (χ0) is 33.4. The van der Waals surface area contributed by atoms with Crippen molar-refractivity contribution in [1.82, 2.24) is 10.2 Å². The van der Waals surface area contributed by atoms with Crippen LogP contribution in [-0.4, -0.2) is 43.8 Å². The molecule has 0 bridgehead atoms. The van der Waals surface area contributed by atoms with Gasteiger partial charge in [-0.1, -0.05) is 90.8 Å². The van der Waals surface area contributed by atoms with Crippen LogP contribution in [0.5, 0.6) is 0 Å². The Hall–Kier alpha value is -3.85. The van der Waals surface area contributed by atoms with Crippen molar-refractivity contribution in [3.05, 3.63) is 129 Å². The van der Waals surface area contributed by atoms with E-state index in [1.807, 2.05) is 64.1 Å². The number of amides is 2. The van der Waals surface area contributed by atoms with Crippen molar-refractivity contribution < 1.29 is 18.0 Å². The lowest BCUT2D eigenvalue weighted by atomic mass is 10.0. The second-order valence-electron chi connectivity index (χ2n) is 11.3. The fraction of sp³-hybridized carbons (Fsp3) is 0.278. The maximum atomic E-state index is 14.6. The lowest BCUT2D eigenvalue weighted by Crippen LogP contribution is -2.54. The Kier molecular flexibility index (Phi) is 11.9. The molecule has 4 rings (SSSR count). The van der Waals surface area contributed by atoms with E-state index in [4.69, 9.17) is 23.2 Å². The van der Waals surface area contributed by atoms with Gasteiger partial charge in [0.2, 0.25) is 11.8 Å². The van der Waals surface area contributed by atoms with Crippen molar-refractivity contribution in [3.8, 4) is 0 Å². The summed E-state index contributed by atoms with van der Waals surface area (Å²) in [5, 5.41) is 3.68. The molecule has 242 valence electrons. The van der Waals surface area contributed by atoms with Crippen LogP contribution in [0.3, 0.4) is 0 Å². The van der Waals surface area contributed by atoms with E-state index in [1.165, 1.54) is 17.0 Å². The van der Waals surface area contributed by atoms with Gasteiger partial charge in [-0.15, -0.1) is 0 Å². The number of rotatable bonds is 13. The second-order valence-corrected chi connectivity index (χ2v) is 14.0. The van der Waals surface area contributed by atoms with Crippen LogP contribution in [0.4, 0.5) is 5.69 Å². The molecule has 10 heteroatoms. The minimum absolute atomic E-state index is 0.0390. The van der Waals surface area contributed by atoms with Gasteiger partial charge in [-0.05, 0) is 80.3 Å². The number of sulfonamides is 1. The lowest BCUT2D eigenvalue weighted by molar-refractivity contribution is -0.140. The number of benzene rings is 4. The average Bonchev–Trinajstić information content (AvgIpc) is 3.04. The molecule has 0 saturated heterocycles. The first-order valence-electron chi connectivity index (χ1n) is 15.1. The quantitative estimate of drug-likeness (QED) is 0.160. The average molecular weight is 681 g/mol. The van der Waals surface area contributed by atoms with Crippen LogP contribution >= 0.6 is 23.2 Å². The maximum absolute atomic E-state index is 14.6. The maximum Gasteiger partial charge on any atom is 0.264 e. The highest BCUT2D eigenvalue weighted by atomic mass is 35.5. The summed E-state index contributed by atoms with van der Waals surface area (Å²) >= 11 is 13.2. The van der Waals surface area contributed by atoms with E-state index in [-0.39, 0.29) is 29.8 Å². The van der Waals surface area contributed by atoms with Crippen LogP contribution in [0.15, 0.2) is 102 Å². The fourth-order valence-corrected chi connectivity index (χ4v) is 6.92. The third kappa shape index (κ3) is 8.49. The summed E-state index contributed by atoms with van der Waals surface area (Å²) in [5.74, 6) is -0.952. The Bertz CT molecular complexity index is 1750. The number of nitrogens with zero attached hydrogens (tertiary/aromatic N) is 2. The summed E-state index contributed by atoms with van der Waals surface area (Å²) in [5.41, 5.74) is 3.47. The van der Waals surface area contributed by atoms with Gasteiger partial charge in [0, 0.05) is 34.6 Å². The highest BCUT2D eigenvalue weighted by molar-refractivity contribution is 7.92. The molecule has 0 spiro atoms. The number of carbonyl (C=O) groups excluding carboxylic acids is 2. The third-order valence-corrected chi connectivity index (χ3v) is 10.5. The van der Waals surface area contributed by atoms with E-state index >= 15 is 0 Å². The first-order valence-corrected chi connectivity index (χ1v) is 17.3. The van der Waals surface area contributed by atoms with Crippen molar-refractivity contribution in [3.63, 3.8) is 0 Å². The number of aryl methyl sites for hydroxylation is 2. The predicted molar refractivity (Wildman–Crippen MR) is 186 cm³/mol. The van der Waals surface area contributed by atoms with Crippen LogP contribution < -0.4 is 9.62 Å². The zero-order valence-corrected chi connectivity index (χ0v) is 28.7. The molecule has 2 atom stereocenters. The summed E-state index contributed by atoms with van der Waals surface area (Å²) in [7, 11) is -4.20. The Morgan fingerprint density at radius 3 is 2.02 bits per heavy atom. The van der Waals surface area contributed by atoms with Gasteiger partial charge in [0.1, 0.15) is 12.6 Å². The van der Waals surface area contributed by atoms with Crippen LogP contribution in [0, 0.1) is 13.8 Å². The second kappa shape index (κ2) is 15.6. The van der Waals surface area contributed by atoms with Crippen LogP contribution in [-0.2, 0) is 32.6 Å². The number of anilines is 1. The number of hydrogen-bond acceptors (Lipinski definition) is 4. The van der Waals surface area contributed by atoms with Gasteiger partial charge in [-0.2, -0.15) is 0 Å². The normalized spacial score (nSPS) is 12.7. The molecule has 0 aliphatic carbocycles. The molecule has 0 heterocycles. The van der Waals surface area contributed by atoms with E-state index in [2.05, 4.69) is 5.32 Å². The van der Waals surface area contributed by atoms with Crippen molar-refractivity contribution >= 4 is 50.7 Å². The summed E-state index contributed by atoms with van der Waals surface area (Å²) in [4.78, 5) is 30.0. The first kappa shape index (κ1) is 35.0. The fourth-order valence-electron chi connectivity index (χ4n) is 4.98. The third-order valence-electron chi connectivity index (χ3n) is 8.05. The molecular weight excluding hydrogens is 641 g/mol. The minimum atomic E-state index is -4.20. The number of nitrogens with one attached hydrogen (secondary N) is 1. The van der Waals surface area contributed by atoms with Crippen LogP contribution in [0.1, 0.15) is 42.5 Å². The van der Waals surface area contributed by atoms with E-state index in [0.717, 1.165) is 21.0 Å². The molecule has 4 aromatic rings. The van der Waals surface area contributed by atoms with E-state index in [0.29, 0.717) is 27.7 Å². The van der Waals surface area contributed by atoms with Gasteiger partial charge in [0.05, 0.1) is 10.6 Å². The molecule has 0 saturated carbocycles. The van der Waals surface area contributed by atoms with Gasteiger partial charge < -0.3 is 10.2 Å². The molecule has 0 aliphatic rings. The van der Waals surface area contributed by atoms with Crippen molar-refractivity contribution in [1.29, 1.82) is 0 Å². The molecule has 0 fully saturated rings. The topological polar surface area (TPSA) is 86.8 Å². The molecule has 4 aromatic carbocycles. The van der Waals surface area contributed by atoms with Crippen molar-refractivity contribution in [2.45, 2.75) is 64.1 Å². The molecular formula is C36H39Cl2N3O4S. The molecule has 7 nitrogen and oxygen atoms in total. The van der Waals surface area contributed by atoms with Gasteiger partial charge in [0.25, 0.3) is 10.0 Å². The summed E-state index contributed by atoms with van der Waals surface area (Å²) in [6.07, 6.45) is 0.871. The SMILES string of the molecule is CC[C@H](C)NC(=O)[C@@H](Cc1ccccc1)N(Cc1c(Cl)cccc1Cl)C(=O)CN(c1ccc(C)c(C)c1)S(=O)(=O)c1ccccc1. The Morgan fingerprint density at radius 2 is 1.43 bits per heavy atom. The summed E-state index contributed by atoms with van der Waals surface area (Å²) in [6, 6.07) is 26.5. The summed E-state index contributed by atoms with van der Waals surface area (Å²) < 4.78 is 29.4. The molecule has 46 heavy (non-hydrogen) atoms. The monoisotopic (exact) mass is 679 g/mol. The molecule has 0 aliphatic heterocycles. The van der Waals surface area contributed by atoms with Crippen LogP contribution in [0.2, 0.25) is 10.0 Å². The highest BCUT2D eigenvalue weighted by Crippen LogP contribution is 2.29. The first-order chi connectivity index (χ1) is 21.9. The van der Waals surface area contributed by atoms with Crippen molar-refractivity contribution in [2.75, 3.05) is 10.8 Å². The highest BCUT2D eigenvalue weighted by Gasteiger charge is 2.35. The minimum Gasteiger partial charge on any atom is -0.352 e. The standard InChI is InChI=1S/C36H39Cl2N3O4S/c1-5-27(4)39-36(43)34(22-28-13-8-6-9-14-28)40(23-31-32(37)17-12-18-33(31)38)35(42)24-41(29-20-19-25(2)26(3)21-29)46(44,45)30-15-10-7-11-16-30/h6-21,27,34H,5,22-24H2,1-4H3,(H,39,43)/t27-,34+/m0/s1. The Labute approximate surface area is 282 Å². The molecule has 0 unspecified atom stereocenters. The Balaban J connectivity index is 1.85. The van der Waals surface area contributed by atoms with Gasteiger partial charge in [0.15, 0.2) is 0 Å². The van der Waals surface area contributed by atoms with E-state index in [1.54, 1.807) is 48.5 Å². The van der Waals surface area contributed by atoms with Crippen molar-refractivity contribution in [2.24, 2.45) is 0 Å². The number of carbonyl (C=O) groups is 2. The zero-order valence-electron chi connectivity index (χ0n) is 26.4. The number of halogens is 2. The predicted octanol–water partition coefficient (Wildman–Crippen LogP) is 7.36. The van der Waals surface area contributed by atoms with Gasteiger partial charge in [-0.3, -0.25) is 13.9 Å². The number of hydrogen-bond donors (Lipinski definition) is 1. The van der Waals surface area contributed by atoms with Crippen LogP contribution in [0.25, 0.3) is 0 Å². The lowest BCUT2D eigenvalue weighted by Gasteiger charge is -2.34. The molecule has 1 N–H and O–H groups in total.